The number of hydrogen-bond donors (Lipinski definition) is 2. The van der Waals surface area contributed by atoms with Gasteiger partial charge in [0.1, 0.15) is 12.2 Å². The number of hydrogen-bond acceptors (Lipinski definition) is 6. The molecule has 0 aliphatic carbocycles. The van der Waals surface area contributed by atoms with E-state index in [4.69, 9.17) is 16.3 Å². The Hall–Kier alpha value is -3.39. The fourth-order valence-electron chi connectivity index (χ4n) is 1.95. The number of methoxy groups -OCH3 is 1. The quantitative estimate of drug-likeness (QED) is 0.304. The number of amides is 2. The molecule has 9 heteroatoms. The van der Waals surface area contributed by atoms with Gasteiger partial charge in [0.05, 0.1) is 13.3 Å². The highest BCUT2D eigenvalue weighted by atomic mass is 35.5. The minimum Gasteiger partial charge on any atom is -0.482 e. The number of benzene rings is 2. The molecule has 0 aliphatic heterocycles. The topological polar surface area (TPSA) is 106 Å². The molecule has 28 heavy (non-hydrogen) atoms. The lowest BCUT2D eigenvalue weighted by Crippen LogP contribution is -2.24. The molecular formula is C19H18ClN3O5. The number of rotatable bonds is 8. The van der Waals surface area contributed by atoms with Crippen molar-refractivity contribution in [2.45, 2.75) is 6.42 Å². The van der Waals surface area contributed by atoms with Crippen molar-refractivity contribution in [2.75, 3.05) is 19.0 Å². The Morgan fingerprint density at radius 1 is 1.04 bits per heavy atom. The normalized spacial score (nSPS) is 10.4. The Morgan fingerprint density at radius 2 is 1.71 bits per heavy atom. The van der Waals surface area contributed by atoms with Crippen molar-refractivity contribution in [2.24, 2.45) is 5.10 Å². The monoisotopic (exact) mass is 403 g/mol. The minimum atomic E-state index is -0.555. The zero-order valence-corrected chi connectivity index (χ0v) is 15.7. The number of nitrogens with one attached hydrogen (secondary N) is 2. The van der Waals surface area contributed by atoms with E-state index < -0.39 is 17.8 Å². The molecule has 0 atom stereocenters. The molecular weight excluding hydrogens is 386 g/mol. The average molecular weight is 404 g/mol. The molecule has 0 saturated carbocycles. The van der Waals surface area contributed by atoms with Crippen molar-refractivity contribution in [1.82, 2.24) is 5.43 Å². The summed E-state index contributed by atoms with van der Waals surface area (Å²) in [6.07, 6.45) is 1.04. The molecule has 0 spiro atoms. The van der Waals surface area contributed by atoms with Gasteiger partial charge in [0, 0.05) is 10.7 Å². The first-order valence-electron chi connectivity index (χ1n) is 8.13. The van der Waals surface area contributed by atoms with Crippen LogP contribution < -0.4 is 15.5 Å². The van der Waals surface area contributed by atoms with Crippen molar-refractivity contribution in [3.8, 4) is 5.75 Å². The van der Waals surface area contributed by atoms with Crippen LogP contribution in [0.25, 0.3) is 0 Å². The average Bonchev–Trinajstić information content (AvgIpc) is 2.68. The van der Waals surface area contributed by atoms with E-state index in [-0.39, 0.29) is 13.0 Å². The Morgan fingerprint density at radius 3 is 2.36 bits per heavy atom. The fraction of sp³-hybridized carbons (Fsp3) is 0.158. The zero-order valence-electron chi connectivity index (χ0n) is 15.0. The van der Waals surface area contributed by atoms with E-state index in [1.807, 2.05) is 0 Å². The molecule has 0 heterocycles. The summed E-state index contributed by atoms with van der Waals surface area (Å²) in [7, 11) is 1.28. The van der Waals surface area contributed by atoms with E-state index in [0.29, 0.717) is 22.0 Å². The van der Waals surface area contributed by atoms with Crippen molar-refractivity contribution in [1.29, 1.82) is 0 Å². The van der Waals surface area contributed by atoms with E-state index in [1.54, 1.807) is 48.5 Å². The molecule has 2 rings (SSSR count). The second-order valence-electron chi connectivity index (χ2n) is 5.46. The molecule has 0 saturated heterocycles. The number of hydrazone groups is 1. The summed E-state index contributed by atoms with van der Waals surface area (Å²) in [5.74, 6) is -1.01. The molecule has 2 N–H and O–H groups in total. The maximum atomic E-state index is 11.8. The van der Waals surface area contributed by atoms with Crippen LogP contribution in [0.5, 0.6) is 5.75 Å². The maximum absolute atomic E-state index is 11.8. The molecule has 2 aromatic carbocycles. The van der Waals surface area contributed by atoms with Gasteiger partial charge in [-0.2, -0.15) is 5.10 Å². The highest BCUT2D eigenvalue weighted by molar-refractivity contribution is 6.30. The summed E-state index contributed by atoms with van der Waals surface area (Å²) in [5.41, 5.74) is 3.51. The van der Waals surface area contributed by atoms with Gasteiger partial charge in [0.2, 0.25) is 11.8 Å². The Kier molecular flexibility index (Phi) is 7.98. The zero-order chi connectivity index (χ0) is 20.4. The number of anilines is 1. The number of esters is 1. The molecule has 0 aliphatic rings. The van der Waals surface area contributed by atoms with Crippen molar-refractivity contribution in [3.05, 3.63) is 59.1 Å². The molecule has 2 aromatic rings. The summed E-state index contributed by atoms with van der Waals surface area (Å²) in [4.78, 5) is 34.6. The van der Waals surface area contributed by atoms with Gasteiger partial charge in [0.25, 0.3) is 0 Å². The van der Waals surface area contributed by atoms with Gasteiger partial charge in [-0.1, -0.05) is 11.6 Å². The number of carbonyl (C=O) groups excluding carboxylic acids is 3. The van der Waals surface area contributed by atoms with Crippen LogP contribution in [-0.4, -0.2) is 37.7 Å². The summed E-state index contributed by atoms with van der Waals surface area (Å²) in [6.45, 7) is -0.182. The van der Waals surface area contributed by atoms with Crippen LogP contribution in [0.2, 0.25) is 5.02 Å². The second-order valence-corrected chi connectivity index (χ2v) is 5.90. The third kappa shape index (κ3) is 7.46. The summed E-state index contributed by atoms with van der Waals surface area (Å²) in [6, 6.07) is 13.2. The van der Waals surface area contributed by atoms with Crippen LogP contribution in [0.15, 0.2) is 53.6 Å². The van der Waals surface area contributed by atoms with E-state index >= 15 is 0 Å². The molecule has 146 valence electrons. The van der Waals surface area contributed by atoms with E-state index in [1.165, 1.54) is 13.3 Å². The minimum absolute atomic E-state index is 0.182. The molecule has 0 unspecified atom stereocenters. The lowest BCUT2D eigenvalue weighted by molar-refractivity contribution is -0.143. The van der Waals surface area contributed by atoms with Crippen LogP contribution in [-0.2, 0) is 19.1 Å². The van der Waals surface area contributed by atoms with E-state index in [2.05, 4.69) is 20.6 Å². The molecule has 0 bridgehead atoms. The van der Waals surface area contributed by atoms with Gasteiger partial charge in [-0.05, 0) is 54.1 Å². The first-order valence-corrected chi connectivity index (χ1v) is 8.51. The fourth-order valence-corrected chi connectivity index (χ4v) is 2.08. The highest BCUT2D eigenvalue weighted by Crippen LogP contribution is 2.13. The number of ether oxygens (including phenoxy) is 2. The Balaban J connectivity index is 1.75. The SMILES string of the molecule is COC(=O)COc1ccc(C=NNC(=O)CC(=O)Nc2ccc(Cl)cc2)cc1. The second kappa shape index (κ2) is 10.7. The van der Waals surface area contributed by atoms with Crippen molar-refractivity contribution in [3.63, 3.8) is 0 Å². The smallest absolute Gasteiger partial charge is 0.343 e. The van der Waals surface area contributed by atoms with Gasteiger partial charge >= 0.3 is 5.97 Å². The first-order chi connectivity index (χ1) is 13.5. The van der Waals surface area contributed by atoms with Crippen LogP contribution in [0, 0.1) is 0 Å². The van der Waals surface area contributed by atoms with Gasteiger partial charge in [-0.25, -0.2) is 10.2 Å². The predicted octanol–water partition coefficient (Wildman–Crippen LogP) is 2.37. The summed E-state index contributed by atoms with van der Waals surface area (Å²) >= 11 is 5.76. The highest BCUT2D eigenvalue weighted by Gasteiger charge is 2.09. The third-order valence-electron chi connectivity index (χ3n) is 3.32. The first kappa shape index (κ1) is 20.9. The van der Waals surface area contributed by atoms with Gasteiger partial charge < -0.3 is 14.8 Å². The van der Waals surface area contributed by atoms with E-state index in [9.17, 15) is 14.4 Å². The number of carbonyl (C=O) groups is 3. The molecule has 0 fully saturated rings. The van der Waals surface area contributed by atoms with Crippen LogP contribution in [0.4, 0.5) is 5.69 Å². The van der Waals surface area contributed by atoms with Gasteiger partial charge in [0.15, 0.2) is 6.61 Å². The van der Waals surface area contributed by atoms with Crippen LogP contribution in [0.1, 0.15) is 12.0 Å². The number of halogens is 1. The molecule has 2 amide bonds. The maximum Gasteiger partial charge on any atom is 0.343 e. The summed E-state index contributed by atoms with van der Waals surface area (Å²) in [5, 5.41) is 6.92. The number of nitrogens with zero attached hydrogens (tertiary/aromatic N) is 1. The van der Waals surface area contributed by atoms with Crippen molar-refractivity contribution < 1.29 is 23.9 Å². The Labute approximate surface area is 166 Å². The van der Waals surface area contributed by atoms with Gasteiger partial charge in [-0.3, -0.25) is 9.59 Å². The Bertz CT molecular complexity index is 851. The molecule has 0 radical (unpaired) electrons. The van der Waals surface area contributed by atoms with Crippen LogP contribution in [0.3, 0.4) is 0 Å². The standard InChI is InChI=1S/C19H18ClN3O5/c1-27-19(26)12-28-16-8-2-13(3-9-16)11-21-23-18(25)10-17(24)22-15-6-4-14(20)5-7-15/h2-9,11H,10,12H2,1H3,(H,22,24)(H,23,25). The summed E-state index contributed by atoms with van der Waals surface area (Å²) < 4.78 is 9.69. The lowest BCUT2D eigenvalue weighted by Gasteiger charge is -2.05. The molecule has 0 aromatic heterocycles. The van der Waals surface area contributed by atoms with E-state index in [0.717, 1.165) is 0 Å². The molecule has 8 nitrogen and oxygen atoms in total. The van der Waals surface area contributed by atoms with Gasteiger partial charge in [-0.15, -0.1) is 0 Å². The lowest BCUT2D eigenvalue weighted by atomic mass is 10.2. The van der Waals surface area contributed by atoms with Crippen LogP contribution >= 0.6 is 11.6 Å². The largest absolute Gasteiger partial charge is 0.482 e. The van der Waals surface area contributed by atoms with Crippen molar-refractivity contribution >= 4 is 41.3 Å². The third-order valence-corrected chi connectivity index (χ3v) is 3.57. The predicted molar refractivity (Wildman–Crippen MR) is 104 cm³/mol.